The molecule has 2 aromatic rings. The van der Waals surface area contributed by atoms with E-state index in [0.717, 1.165) is 16.5 Å². The lowest BCUT2D eigenvalue weighted by Crippen LogP contribution is -2.31. The number of aromatic nitrogens is 3. The molecule has 66 valence electrons. The number of hydrogen-bond donors (Lipinski definition) is 1. The molecule has 0 aromatic carbocycles. The lowest BCUT2D eigenvalue weighted by atomic mass is 10.3. The van der Waals surface area contributed by atoms with E-state index in [4.69, 9.17) is 0 Å². The molecule has 1 unspecified atom stereocenters. The molecule has 3 rings (SSSR count). The predicted molar refractivity (Wildman–Crippen MR) is 50.8 cm³/mol. The van der Waals surface area contributed by atoms with Crippen LogP contribution in [0.1, 0.15) is 16.9 Å². The summed E-state index contributed by atoms with van der Waals surface area (Å²) in [5.74, 6) is 1.08. The van der Waals surface area contributed by atoms with Crippen molar-refractivity contribution in [3.05, 3.63) is 28.3 Å². The molecule has 0 saturated carbocycles. The molecule has 1 atom stereocenters. The smallest absolute Gasteiger partial charge is 0.176 e. The van der Waals surface area contributed by atoms with Gasteiger partial charge in [0.25, 0.3) is 0 Å². The van der Waals surface area contributed by atoms with Crippen molar-refractivity contribution in [2.24, 2.45) is 0 Å². The molecule has 3 heterocycles. The first-order chi connectivity index (χ1) is 6.34. The van der Waals surface area contributed by atoms with E-state index in [2.05, 4.69) is 15.4 Å². The van der Waals surface area contributed by atoms with Gasteiger partial charge in [-0.2, -0.15) is 5.10 Å². The van der Waals surface area contributed by atoms with Crippen molar-refractivity contribution in [3.8, 4) is 0 Å². The number of hydrogen-bond acceptors (Lipinski definition) is 4. The fourth-order valence-corrected chi connectivity index (χ4v) is 2.16. The van der Waals surface area contributed by atoms with Gasteiger partial charge in [-0.15, -0.1) is 11.3 Å². The number of nitrogens with zero attached hydrogens (tertiary/aromatic N) is 3. The second-order valence-corrected chi connectivity index (χ2v) is 3.96. The Hall–Kier alpha value is -1.36. The summed E-state index contributed by atoms with van der Waals surface area (Å²) < 4.78 is 1.97. The van der Waals surface area contributed by atoms with Gasteiger partial charge in [0.1, 0.15) is 10.8 Å². The van der Waals surface area contributed by atoms with Crippen LogP contribution < -0.4 is 5.32 Å². The molecule has 0 spiro atoms. The first-order valence-electron chi connectivity index (χ1n) is 4.07. The van der Waals surface area contributed by atoms with Crippen LogP contribution in [-0.2, 0) is 0 Å². The highest BCUT2D eigenvalue weighted by Gasteiger charge is 2.29. The van der Waals surface area contributed by atoms with Crippen LogP contribution in [0, 0.1) is 6.92 Å². The Morgan fingerprint density at radius 3 is 3.23 bits per heavy atom. The van der Waals surface area contributed by atoms with Gasteiger partial charge in [-0.25, -0.2) is 9.67 Å². The maximum absolute atomic E-state index is 4.36. The largest absolute Gasteiger partial charge is 0.343 e. The lowest BCUT2D eigenvalue weighted by molar-refractivity contribution is 0.509. The maximum atomic E-state index is 4.36. The Kier molecular flexibility index (Phi) is 1.26. The highest BCUT2D eigenvalue weighted by atomic mass is 32.1. The van der Waals surface area contributed by atoms with Gasteiger partial charge in [0.15, 0.2) is 6.17 Å². The molecule has 2 aromatic heterocycles. The topological polar surface area (TPSA) is 42.7 Å². The van der Waals surface area contributed by atoms with E-state index in [9.17, 15) is 0 Å². The Morgan fingerprint density at radius 2 is 2.54 bits per heavy atom. The summed E-state index contributed by atoms with van der Waals surface area (Å²) in [6.45, 7) is 1.99. The summed E-state index contributed by atoms with van der Waals surface area (Å²) in [4.78, 5) is 4.24. The van der Waals surface area contributed by atoms with Crippen molar-refractivity contribution in [2.45, 2.75) is 13.1 Å². The number of anilines is 1. The van der Waals surface area contributed by atoms with Crippen molar-refractivity contribution in [3.63, 3.8) is 0 Å². The van der Waals surface area contributed by atoms with Gasteiger partial charge in [-0.05, 0) is 6.92 Å². The van der Waals surface area contributed by atoms with Crippen LogP contribution in [0.5, 0.6) is 0 Å². The Morgan fingerprint density at radius 1 is 1.62 bits per heavy atom. The standard InChI is InChI=1S/C8H8N4S/c1-5-4-6-10-7(12(6)11-5)8-9-2-3-13-8/h2-4,7,10H,1H3. The molecule has 1 N–H and O–H groups in total. The number of fused-ring (bicyclic) bond motifs is 1. The lowest BCUT2D eigenvalue weighted by Gasteiger charge is -2.28. The van der Waals surface area contributed by atoms with Crippen molar-refractivity contribution in [1.29, 1.82) is 0 Å². The highest BCUT2D eigenvalue weighted by Crippen LogP contribution is 2.33. The van der Waals surface area contributed by atoms with Gasteiger partial charge in [0, 0.05) is 17.6 Å². The van der Waals surface area contributed by atoms with Gasteiger partial charge in [0.2, 0.25) is 0 Å². The summed E-state index contributed by atoms with van der Waals surface area (Å²) in [7, 11) is 0. The number of thiazole rings is 1. The molecule has 0 bridgehead atoms. The van der Waals surface area contributed by atoms with E-state index >= 15 is 0 Å². The van der Waals surface area contributed by atoms with Gasteiger partial charge in [-0.3, -0.25) is 0 Å². The minimum Gasteiger partial charge on any atom is -0.343 e. The zero-order chi connectivity index (χ0) is 8.84. The number of nitrogens with one attached hydrogen (secondary N) is 1. The molecule has 0 aliphatic carbocycles. The van der Waals surface area contributed by atoms with E-state index in [1.165, 1.54) is 0 Å². The minimum atomic E-state index is 0.156. The normalized spacial score (nSPS) is 19.0. The van der Waals surface area contributed by atoms with Gasteiger partial charge < -0.3 is 5.32 Å². The summed E-state index contributed by atoms with van der Waals surface area (Å²) in [6.07, 6.45) is 1.97. The fourth-order valence-electron chi connectivity index (χ4n) is 1.49. The minimum absolute atomic E-state index is 0.156. The van der Waals surface area contributed by atoms with E-state index in [1.54, 1.807) is 11.3 Å². The van der Waals surface area contributed by atoms with Crippen LogP contribution in [0.4, 0.5) is 5.82 Å². The second kappa shape index (κ2) is 2.32. The predicted octanol–water partition coefficient (Wildman–Crippen LogP) is 1.62. The van der Waals surface area contributed by atoms with E-state index in [0.29, 0.717) is 0 Å². The van der Waals surface area contributed by atoms with Crippen LogP contribution >= 0.6 is 11.3 Å². The molecule has 1 aliphatic heterocycles. The Balaban J connectivity index is 2.01. The quantitative estimate of drug-likeness (QED) is 0.746. The summed E-state index contributed by atoms with van der Waals surface area (Å²) >= 11 is 1.65. The second-order valence-electron chi connectivity index (χ2n) is 3.03. The monoisotopic (exact) mass is 192 g/mol. The van der Waals surface area contributed by atoms with Gasteiger partial charge in [0.05, 0.1) is 5.69 Å². The first kappa shape index (κ1) is 7.08. The third kappa shape index (κ3) is 0.904. The molecular formula is C8H8N4S. The summed E-state index contributed by atoms with van der Waals surface area (Å²) in [6, 6.07) is 2.03. The molecule has 0 fully saturated rings. The Labute approximate surface area is 79.2 Å². The molecule has 13 heavy (non-hydrogen) atoms. The molecule has 0 saturated heterocycles. The van der Waals surface area contributed by atoms with E-state index in [1.807, 2.05) is 29.2 Å². The highest BCUT2D eigenvalue weighted by molar-refractivity contribution is 7.09. The Bertz CT molecular complexity index is 431. The molecule has 1 aliphatic rings. The third-order valence-electron chi connectivity index (χ3n) is 2.07. The van der Waals surface area contributed by atoms with Crippen molar-refractivity contribution < 1.29 is 0 Å². The molecule has 0 radical (unpaired) electrons. The van der Waals surface area contributed by atoms with Gasteiger partial charge >= 0.3 is 0 Å². The summed E-state index contributed by atoms with van der Waals surface area (Å²) in [5.41, 5.74) is 1.04. The van der Waals surface area contributed by atoms with Crippen LogP contribution in [-0.4, -0.2) is 14.8 Å². The average Bonchev–Trinajstić information content (AvgIpc) is 2.67. The van der Waals surface area contributed by atoms with Crippen molar-refractivity contribution >= 4 is 17.2 Å². The number of rotatable bonds is 1. The van der Waals surface area contributed by atoms with E-state index < -0.39 is 0 Å². The van der Waals surface area contributed by atoms with Gasteiger partial charge in [-0.1, -0.05) is 0 Å². The van der Waals surface area contributed by atoms with E-state index in [-0.39, 0.29) is 6.17 Å². The fraction of sp³-hybridized carbons (Fsp3) is 0.250. The van der Waals surface area contributed by atoms with Crippen LogP contribution in [0.15, 0.2) is 17.6 Å². The SMILES string of the molecule is Cc1cc2n(n1)C(c1nccs1)N2. The first-order valence-corrected chi connectivity index (χ1v) is 4.94. The van der Waals surface area contributed by atoms with Crippen LogP contribution in [0.2, 0.25) is 0 Å². The zero-order valence-electron chi connectivity index (χ0n) is 7.06. The summed E-state index contributed by atoms with van der Waals surface area (Å²) in [5, 5.41) is 10.7. The molecule has 0 amide bonds. The average molecular weight is 192 g/mol. The van der Waals surface area contributed by atoms with Crippen LogP contribution in [0.25, 0.3) is 0 Å². The molecule has 5 heteroatoms. The van der Waals surface area contributed by atoms with Crippen LogP contribution in [0.3, 0.4) is 0 Å². The van der Waals surface area contributed by atoms with Crippen molar-refractivity contribution in [1.82, 2.24) is 14.8 Å². The zero-order valence-corrected chi connectivity index (χ0v) is 7.88. The molecule has 4 nitrogen and oxygen atoms in total. The molecular weight excluding hydrogens is 184 g/mol. The number of aryl methyl sites for hydroxylation is 1. The third-order valence-corrected chi connectivity index (χ3v) is 2.90. The van der Waals surface area contributed by atoms with Crippen molar-refractivity contribution in [2.75, 3.05) is 5.32 Å². The maximum Gasteiger partial charge on any atom is 0.176 e.